The van der Waals surface area contributed by atoms with Gasteiger partial charge in [0.15, 0.2) is 0 Å². The highest BCUT2D eigenvalue weighted by atomic mass is 127. The molecule has 0 radical (unpaired) electrons. The molecule has 0 saturated carbocycles. The molecule has 0 bridgehead atoms. The summed E-state index contributed by atoms with van der Waals surface area (Å²) in [6.45, 7) is 9.12. The van der Waals surface area contributed by atoms with E-state index in [9.17, 15) is 0 Å². The SMILES string of the molecule is Cc1ccc(C2(C)CC(C)(C)Nc3ccc(I)cc32)cc1. The standard InChI is InChI=1S/C19H22IN/c1-13-5-7-14(8-6-13)19(4)12-18(2,3)21-17-10-9-15(20)11-16(17)19/h5-11,21H,12H2,1-4H3. The van der Waals surface area contributed by atoms with Gasteiger partial charge in [0.05, 0.1) is 0 Å². The molecule has 1 nitrogen and oxygen atoms in total. The molecule has 1 N–H and O–H groups in total. The molecule has 0 aliphatic carbocycles. The molecule has 0 amide bonds. The normalized spacial score (nSPS) is 23.3. The van der Waals surface area contributed by atoms with Crippen LogP contribution in [0.3, 0.4) is 0 Å². The molecule has 0 aromatic heterocycles. The average Bonchev–Trinajstić information content (AvgIpc) is 2.39. The second-order valence-corrected chi connectivity index (χ2v) is 8.32. The number of rotatable bonds is 1. The van der Waals surface area contributed by atoms with E-state index in [4.69, 9.17) is 0 Å². The second-order valence-electron chi connectivity index (χ2n) is 7.07. The fourth-order valence-electron chi connectivity index (χ4n) is 3.65. The van der Waals surface area contributed by atoms with Crippen LogP contribution in [0.4, 0.5) is 5.69 Å². The minimum Gasteiger partial charge on any atom is -0.380 e. The van der Waals surface area contributed by atoms with Crippen LogP contribution in [0.1, 0.15) is 43.9 Å². The summed E-state index contributed by atoms with van der Waals surface area (Å²) in [5.74, 6) is 0. The van der Waals surface area contributed by atoms with Crippen LogP contribution in [-0.2, 0) is 5.41 Å². The smallest absolute Gasteiger partial charge is 0.0386 e. The van der Waals surface area contributed by atoms with E-state index in [0.29, 0.717) is 0 Å². The van der Waals surface area contributed by atoms with Crippen molar-refractivity contribution in [2.75, 3.05) is 5.32 Å². The molecule has 110 valence electrons. The number of nitrogens with one attached hydrogen (secondary N) is 1. The molecular weight excluding hydrogens is 369 g/mol. The summed E-state index contributed by atoms with van der Waals surface area (Å²) in [5, 5.41) is 3.70. The van der Waals surface area contributed by atoms with Gasteiger partial charge in [-0.05, 0) is 79.1 Å². The number of hydrogen-bond donors (Lipinski definition) is 1. The molecular formula is C19H22IN. The Morgan fingerprint density at radius 2 is 1.67 bits per heavy atom. The van der Waals surface area contributed by atoms with Crippen molar-refractivity contribution in [2.24, 2.45) is 0 Å². The van der Waals surface area contributed by atoms with Crippen molar-refractivity contribution in [3.05, 3.63) is 62.7 Å². The Balaban J connectivity index is 2.21. The fourth-order valence-corrected chi connectivity index (χ4v) is 4.14. The summed E-state index contributed by atoms with van der Waals surface area (Å²) in [5.41, 5.74) is 5.56. The van der Waals surface area contributed by atoms with Gasteiger partial charge in [0, 0.05) is 20.2 Å². The lowest BCUT2D eigenvalue weighted by atomic mass is 9.66. The first-order chi connectivity index (χ1) is 9.80. The van der Waals surface area contributed by atoms with Gasteiger partial charge in [0.2, 0.25) is 0 Å². The average molecular weight is 391 g/mol. The van der Waals surface area contributed by atoms with Crippen LogP contribution in [0, 0.1) is 10.5 Å². The maximum absolute atomic E-state index is 3.70. The minimum absolute atomic E-state index is 0.0545. The van der Waals surface area contributed by atoms with E-state index >= 15 is 0 Å². The second kappa shape index (κ2) is 5.01. The Morgan fingerprint density at radius 1 is 1.00 bits per heavy atom. The molecule has 1 heterocycles. The summed E-state index contributed by atoms with van der Waals surface area (Å²) >= 11 is 2.41. The Kier molecular flexibility index (Phi) is 3.55. The summed E-state index contributed by atoms with van der Waals surface area (Å²) in [6, 6.07) is 15.8. The highest BCUT2D eigenvalue weighted by Crippen LogP contribution is 2.47. The predicted octanol–water partition coefficient (Wildman–Crippen LogP) is 5.50. The Hall–Kier alpha value is -1.03. The van der Waals surface area contributed by atoms with Gasteiger partial charge in [-0.25, -0.2) is 0 Å². The van der Waals surface area contributed by atoms with E-state index in [1.165, 1.54) is 25.9 Å². The molecule has 1 unspecified atom stereocenters. The molecule has 2 aromatic carbocycles. The number of anilines is 1. The van der Waals surface area contributed by atoms with Gasteiger partial charge in [-0.3, -0.25) is 0 Å². The zero-order chi connectivity index (χ0) is 15.3. The first kappa shape index (κ1) is 14.9. The van der Waals surface area contributed by atoms with Crippen molar-refractivity contribution in [3.63, 3.8) is 0 Å². The van der Waals surface area contributed by atoms with Crippen molar-refractivity contribution < 1.29 is 0 Å². The molecule has 0 saturated heterocycles. The van der Waals surface area contributed by atoms with E-state index in [1.807, 2.05) is 0 Å². The van der Waals surface area contributed by atoms with Gasteiger partial charge >= 0.3 is 0 Å². The van der Waals surface area contributed by atoms with Crippen molar-refractivity contribution in [1.29, 1.82) is 0 Å². The lowest BCUT2D eigenvalue weighted by molar-refractivity contribution is 0.378. The summed E-state index contributed by atoms with van der Waals surface area (Å²) in [7, 11) is 0. The van der Waals surface area contributed by atoms with Crippen LogP contribution < -0.4 is 5.32 Å². The minimum atomic E-state index is 0.0545. The molecule has 0 spiro atoms. The zero-order valence-corrected chi connectivity index (χ0v) is 15.3. The molecule has 2 aromatic rings. The van der Waals surface area contributed by atoms with Crippen LogP contribution in [0.15, 0.2) is 42.5 Å². The van der Waals surface area contributed by atoms with E-state index in [-0.39, 0.29) is 11.0 Å². The van der Waals surface area contributed by atoms with Gasteiger partial charge in [-0.2, -0.15) is 0 Å². The molecule has 3 rings (SSSR count). The quantitative estimate of drug-likeness (QED) is 0.633. The number of fused-ring (bicyclic) bond motifs is 1. The van der Waals surface area contributed by atoms with Gasteiger partial charge in [-0.1, -0.05) is 36.8 Å². The van der Waals surface area contributed by atoms with Crippen LogP contribution in [-0.4, -0.2) is 5.54 Å². The molecule has 0 fully saturated rings. The molecule has 2 heteroatoms. The first-order valence-electron chi connectivity index (χ1n) is 7.46. The monoisotopic (exact) mass is 391 g/mol. The largest absolute Gasteiger partial charge is 0.380 e. The van der Waals surface area contributed by atoms with Crippen molar-refractivity contribution in [3.8, 4) is 0 Å². The van der Waals surface area contributed by atoms with Crippen LogP contribution in [0.25, 0.3) is 0 Å². The van der Waals surface area contributed by atoms with Gasteiger partial charge < -0.3 is 5.32 Å². The third kappa shape index (κ3) is 2.70. The lowest BCUT2D eigenvalue weighted by Gasteiger charge is -2.46. The van der Waals surface area contributed by atoms with Crippen LogP contribution >= 0.6 is 22.6 Å². The van der Waals surface area contributed by atoms with Gasteiger partial charge in [0.1, 0.15) is 0 Å². The molecule has 21 heavy (non-hydrogen) atoms. The summed E-state index contributed by atoms with van der Waals surface area (Å²) in [6.07, 6.45) is 1.09. The number of hydrogen-bond acceptors (Lipinski definition) is 1. The third-order valence-electron chi connectivity index (χ3n) is 4.53. The Bertz CT molecular complexity index is 672. The Labute approximate surface area is 141 Å². The maximum Gasteiger partial charge on any atom is 0.0386 e. The molecule has 1 atom stereocenters. The maximum atomic E-state index is 3.70. The van der Waals surface area contributed by atoms with E-state index in [1.54, 1.807) is 0 Å². The fraction of sp³-hybridized carbons (Fsp3) is 0.368. The number of halogens is 1. The van der Waals surface area contributed by atoms with E-state index in [0.717, 1.165) is 6.42 Å². The topological polar surface area (TPSA) is 12.0 Å². The van der Waals surface area contributed by atoms with E-state index in [2.05, 4.69) is 98.1 Å². The summed E-state index contributed by atoms with van der Waals surface area (Å²) in [4.78, 5) is 0. The van der Waals surface area contributed by atoms with Crippen molar-refractivity contribution >= 4 is 28.3 Å². The lowest BCUT2D eigenvalue weighted by Crippen LogP contribution is -2.45. The van der Waals surface area contributed by atoms with Crippen molar-refractivity contribution in [1.82, 2.24) is 0 Å². The van der Waals surface area contributed by atoms with Crippen LogP contribution in [0.5, 0.6) is 0 Å². The molecule has 1 aliphatic heterocycles. The van der Waals surface area contributed by atoms with E-state index < -0.39 is 0 Å². The summed E-state index contributed by atoms with van der Waals surface area (Å²) < 4.78 is 1.30. The van der Waals surface area contributed by atoms with Gasteiger partial charge in [0.25, 0.3) is 0 Å². The van der Waals surface area contributed by atoms with Gasteiger partial charge in [-0.15, -0.1) is 0 Å². The molecule has 1 aliphatic rings. The zero-order valence-electron chi connectivity index (χ0n) is 13.1. The number of aryl methyl sites for hydroxylation is 1. The third-order valence-corrected chi connectivity index (χ3v) is 5.20. The predicted molar refractivity (Wildman–Crippen MR) is 99.1 cm³/mol. The Morgan fingerprint density at radius 3 is 2.33 bits per heavy atom. The first-order valence-corrected chi connectivity index (χ1v) is 8.53. The van der Waals surface area contributed by atoms with Crippen LogP contribution in [0.2, 0.25) is 0 Å². The highest BCUT2D eigenvalue weighted by molar-refractivity contribution is 14.1. The van der Waals surface area contributed by atoms with Crippen molar-refractivity contribution in [2.45, 2.75) is 45.1 Å². The number of benzene rings is 2. The highest BCUT2D eigenvalue weighted by Gasteiger charge is 2.41.